The summed E-state index contributed by atoms with van der Waals surface area (Å²) in [5.74, 6) is -7.69. The van der Waals surface area contributed by atoms with Crippen molar-refractivity contribution >= 4 is 58.4 Å². The van der Waals surface area contributed by atoms with Crippen LogP contribution in [0.3, 0.4) is 0 Å². The van der Waals surface area contributed by atoms with Crippen LogP contribution in [0.1, 0.15) is 53.2 Å². The van der Waals surface area contributed by atoms with Gasteiger partial charge in [0, 0.05) is 18.9 Å². The van der Waals surface area contributed by atoms with Crippen LogP contribution in [0.4, 0.5) is 35.1 Å². The van der Waals surface area contributed by atoms with Gasteiger partial charge in [-0.15, -0.1) is 0 Å². The van der Waals surface area contributed by atoms with Gasteiger partial charge in [-0.25, -0.2) is 8.78 Å². The van der Waals surface area contributed by atoms with Gasteiger partial charge in [0.25, 0.3) is 5.92 Å². The number of ketones is 1. The van der Waals surface area contributed by atoms with Crippen molar-refractivity contribution in [3.63, 3.8) is 0 Å². The first-order chi connectivity index (χ1) is 17.3. The molecule has 0 radical (unpaired) electrons. The Kier molecular flexibility index (Phi) is 11.0. The minimum absolute atomic E-state index is 0.0200. The normalized spacial score (nSPS) is 14.7. The first-order valence-electron chi connectivity index (χ1n) is 10.9. The lowest BCUT2D eigenvalue weighted by Gasteiger charge is -2.22. The molecule has 38 heavy (non-hydrogen) atoms. The fourth-order valence-electron chi connectivity index (χ4n) is 3.54. The Labute approximate surface area is 233 Å². The Morgan fingerprint density at radius 1 is 0.974 bits per heavy atom. The zero-order chi connectivity index (χ0) is 29.1. The molecule has 1 nitrogen and oxygen atoms in total. The predicted octanol–water partition coefficient (Wildman–Crippen LogP) is 10.6. The molecule has 0 amide bonds. The summed E-state index contributed by atoms with van der Waals surface area (Å²) in [4.78, 5) is 12.6. The largest absolute Gasteiger partial charge is 0.417 e. The van der Waals surface area contributed by atoms with Gasteiger partial charge >= 0.3 is 12.4 Å². The van der Waals surface area contributed by atoms with Crippen LogP contribution in [-0.2, 0) is 6.18 Å². The molecule has 0 aliphatic carbocycles. The van der Waals surface area contributed by atoms with Gasteiger partial charge in [0.1, 0.15) is 0 Å². The summed E-state index contributed by atoms with van der Waals surface area (Å²) in [6.07, 6.45) is -7.70. The van der Waals surface area contributed by atoms with Gasteiger partial charge in [-0.1, -0.05) is 66.0 Å². The van der Waals surface area contributed by atoms with Crippen LogP contribution >= 0.6 is 46.6 Å². The molecule has 0 N–H and O–H groups in total. The molecule has 1 unspecified atom stereocenters. The van der Waals surface area contributed by atoms with E-state index in [0.717, 1.165) is 24.3 Å². The highest BCUT2D eigenvalue weighted by atomic mass is 35.5. The molecule has 0 heterocycles. The Morgan fingerprint density at radius 3 is 2.05 bits per heavy atom. The van der Waals surface area contributed by atoms with E-state index in [1.54, 1.807) is 0 Å². The lowest BCUT2D eigenvalue weighted by molar-refractivity contribution is -0.138. The van der Waals surface area contributed by atoms with Crippen LogP contribution in [-0.4, -0.2) is 29.4 Å². The van der Waals surface area contributed by atoms with Crippen molar-refractivity contribution in [1.82, 2.24) is 0 Å². The fourth-order valence-corrected chi connectivity index (χ4v) is 5.02. The molecule has 2 aromatic carbocycles. The Morgan fingerprint density at radius 2 is 1.55 bits per heavy atom. The summed E-state index contributed by atoms with van der Waals surface area (Å²) in [7, 11) is 0. The molecular formula is C25H21Cl3F8OS. The van der Waals surface area contributed by atoms with Crippen LogP contribution in [0.5, 0.6) is 0 Å². The minimum atomic E-state index is -4.95. The quantitative estimate of drug-likeness (QED) is 0.148. The van der Waals surface area contributed by atoms with E-state index in [0.29, 0.717) is 24.8 Å². The second kappa shape index (κ2) is 12.8. The molecular weight excluding hydrogens is 607 g/mol. The van der Waals surface area contributed by atoms with E-state index in [9.17, 15) is 39.9 Å². The van der Waals surface area contributed by atoms with Gasteiger partial charge in [0.05, 0.1) is 32.3 Å². The third-order valence-electron chi connectivity index (χ3n) is 5.24. The predicted molar refractivity (Wildman–Crippen MR) is 137 cm³/mol. The number of carbonyl (C=O) groups is 1. The monoisotopic (exact) mass is 626 g/mol. The van der Waals surface area contributed by atoms with Gasteiger partial charge in [0.15, 0.2) is 5.78 Å². The van der Waals surface area contributed by atoms with Gasteiger partial charge in [-0.05, 0) is 41.0 Å². The maximum absolute atomic E-state index is 14.4. The minimum Gasteiger partial charge on any atom is -0.294 e. The average Bonchev–Trinajstić information content (AvgIpc) is 2.74. The van der Waals surface area contributed by atoms with E-state index in [2.05, 4.69) is 0 Å². The van der Waals surface area contributed by atoms with Gasteiger partial charge in [-0.2, -0.15) is 38.1 Å². The molecule has 0 aliphatic rings. The number of thioether (sulfide) groups is 1. The third kappa shape index (κ3) is 9.61. The van der Waals surface area contributed by atoms with Crippen molar-refractivity contribution in [1.29, 1.82) is 0 Å². The van der Waals surface area contributed by atoms with E-state index < -0.39 is 59.2 Å². The lowest BCUT2D eigenvalue weighted by atomic mass is 9.91. The lowest BCUT2D eigenvalue weighted by Crippen LogP contribution is -2.20. The molecule has 0 saturated heterocycles. The second-order valence-corrected chi connectivity index (χ2v) is 11.0. The molecule has 2 aromatic rings. The highest BCUT2D eigenvalue weighted by molar-refractivity contribution is 7.99. The topological polar surface area (TPSA) is 17.1 Å². The third-order valence-corrected chi connectivity index (χ3v) is 7.78. The molecule has 0 aliphatic heterocycles. The standard InChI is InChI=1S/C25H21Cl3F8OS/c1-13(11-38-12-24(31,32)33)7-21(37)16-5-3-14(8-18(16)25(34,35)36)4-6-17(23(2,29)30)15-9-19(26)22(28)20(27)10-15/h3-6,8-10,13,17H,7,11-12H2,1-2H3/b6-4+/t13-,17?/m0/s1. The SMILES string of the molecule is C[C@H](CSCC(F)(F)F)CC(=O)c1ccc(/C=C/C(c2cc(Cl)c(Cl)c(Cl)c2)C(C)(F)F)cc1C(F)(F)F. The molecule has 0 bridgehead atoms. The molecule has 13 heteroatoms. The number of hydrogen-bond acceptors (Lipinski definition) is 2. The maximum Gasteiger partial charge on any atom is 0.417 e. The average molecular weight is 628 g/mol. The molecule has 0 saturated carbocycles. The van der Waals surface area contributed by atoms with Crippen LogP contribution in [0.15, 0.2) is 36.4 Å². The number of benzene rings is 2. The number of carbonyl (C=O) groups excluding carboxylic acids is 1. The summed E-state index contributed by atoms with van der Waals surface area (Å²) in [6, 6.07) is 5.10. The molecule has 2 atom stereocenters. The summed E-state index contributed by atoms with van der Waals surface area (Å²) < 4.78 is 107. The molecule has 2 rings (SSSR count). The number of Topliss-reactive ketones (excluding diaryl/α,β-unsaturated/α-hetero) is 1. The second-order valence-electron chi connectivity index (χ2n) is 8.76. The first-order valence-corrected chi connectivity index (χ1v) is 13.2. The van der Waals surface area contributed by atoms with Crippen molar-refractivity contribution in [2.24, 2.45) is 5.92 Å². The summed E-state index contributed by atoms with van der Waals surface area (Å²) in [6.45, 7) is 2.08. The van der Waals surface area contributed by atoms with Gasteiger partial charge < -0.3 is 0 Å². The van der Waals surface area contributed by atoms with E-state index in [-0.39, 0.29) is 31.9 Å². The number of allylic oxidation sites excluding steroid dienone is 1. The molecule has 0 fully saturated rings. The molecule has 0 aromatic heterocycles. The number of halogens is 11. The summed E-state index contributed by atoms with van der Waals surface area (Å²) >= 11 is 18.3. The first kappa shape index (κ1) is 32.7. The summed E-state index contributed by atoms with van der Waals surface area (Å²) in [5.41, 5.74) is -2.07. The van der Waals surface area contributed by atoms with Crippen molar-refractivity contribution in [2.75, 3.05) is 11.5 Å². The summed E-state index contributed by atoms with van der Waals surface area (Å²) in [5, 5.41) is -0.197. The Balaban J connectivity index is 2.34. The van der Waals surface area contributed by atoms with E-state index in [1.165, 1.54) is 19.1 Å². The Bertz CT molecular complexity index is 1150. The van der Waals surface area contributed by atoms with Gasteiger partial charge in [-0.3, -0.25) is 4.79 Å². The smallest absolute Gasteiger partial charge is 0.294 e. The fraction of sp³-hybridized carbons (Fsp3) is 0.400. The van der Waals surface area contributed by atoms with Crippen molar-refractivity contribution in [2.45, 2.75) is 44.5 Å². The van der Waals surface area contributed by atoms with E-state index in [1.807, 2.05) is 0 Å². The van der Waals surface area contributed by atoms with Crippen molar-refractivity contribution in [3.05, 3.63) is 73.7 Å². The maximum atomic E-state index is 14.4. The molecule has 210 valence electrons. The van der Waals surface area contributed by atoms with Crippen molar-refractivity contribution in [3.8, 4) is 0 Å². The van der Waals surface area contributed by atoms with Crippen LogP contribution in [0.2, 0.25) is 15.1 Å². The Hall–Kier alpha value is -1.49. The van der Waals surface area contributed by atoms with E-state index in [4.69, 9.17) is 34.8 Å². The number of alkyl halides is 8. The van der Waals surface area contributed by atoms with Gasteiger partial charge in [0.2, 0.25) is 0 Å². The number of rotatable bonds is 10. The number of hydrogen-bond donors (Lipinski definition) is 0. The van der Waals surface area contributed by atoms with Crippen LogP contribution in [0.25, 0.3) is 6.08 Å². The zero-order valence-electron chi connectivity index (χ0n) is 19.8. The van der Waals surface area contributed by atoms with Crippen LogP contribution < -0.4 is 0 Å². The highest BCUT2D eigenvalue weighted by Crippen LogP contribution is 2.40. The zero-order valence-corrected chi connectivity index (χ0v) is 22.9. The van der Waals surface area contributed by atoms with Crippen molar-refractivity contribution < 1.29 is 39.9 Å². The highest BCUT2D eigenvalue weighted by Gasteiger charge is 2.36. The van der Waals surface area contributed by atoms with Crippen LogP contribution in [0, 0.1) is 5.92 Å². The molecule has 0 spiro atoms. The van der Waals surface area contributed by atoms with E-state index >= 15 is 0 Å².